The van der Waals surface area contributed by atoms with Gasteiger partial charge in [0.15, 0.2) is 0 Å². The lowest BCUT2D eigenvalue weighted by Gasteiger charge is -2.37. The molecule has 0 bridgehead atoms. The van der Waals surface area contributed by atoms with Crippen molar-refractivity contribution in [1.29, 1.82) is 0 Å². The number of hydrogen-bond acceptors (Lipinski definition) is 11. The van der Waals surface area contributed by atoms with Gasteiger partial charge < -0.3 is 38.6 Å². The second-order valence-corrected chi connectivity index (χ2v) is 23.9. The van der Waals surface area contributed by atoms with Gasteiger partial charge in [-0.05, 0) is 149 Å². The van der Waals surface area contributed by atoms with Crippen LogP contribution in [0, 0.1) is 34.5 Å². The van der Waals surface area contributed by atoms with E-state index >= 15 is 0 Å². The summed E-state index contributed by atoms with van der Waals surface area (Å²) in [6.45, 7) is 15.8. The monoisotopic (exact) mass is 940 g/mol. The summed E-state index contributed by atoms with van der Waals surface area (Å²) in [6, 6.07) is 3.57. The van der Waals surface area contributed by atoms with E-state index in [0.717, 1.165) is 94.8 Å². The molecule has 6 aliphatic rings. The minimum atomic E-state index is -0.958. The lowest BCUT2D eigenvalue weighted by molar-refractivity contribution is -0.131. The lowest BCUT2D eigenvalue weighted by atomic mass is 9.73. The molecule has 0 aromatic carbocycles. The first kappa shape index (κ1) is 50.0. The van der Waals surface area contributed by atoms with Crippen LogP contribution in [-0.2, 0) is 33.3 Å². The highest BCUT2D eigenvalue weighted by Gasteiger charge is 2.41. The third-order valence-corrected chi connectivity index (χ3v) is 18.1. The Morgan fingerprint density at radius 2 is 0.938 bits per heavy atom. The Kier molecular flexibility index (Phi) is 17.0. The van der Waals surface area contributed by atoms with Crippen molar-refractivity contribution in [2.24, 2.45) is 34.5 Å². The molecule has 0 atom stereocenters. The largest absolute Gasteiger partial charge is 0.477 e. The fourth-order valence-electron chi connectivity index (χ4n) is 11.0. The fraction of sp³-hybridized carbons (Fsp3) is 0.765. The molecule has 2 amide bonds. The van der Waals surface area contributed by atoms with Crippen LogP contribution in [0.4, 0.5) is 11.4 Å². The quantitative estimate of drug-likeness (QED) is 0.229. The number of methoxy groups -OCH3 is 1. The van der Waals surface area contributed by atoms with E-state index in [0.29, 0.717) is 77.2 Å². The van der Waals surface area contributed by atoms with E-state index in [9.17, 15) is 24.3 Å². The van der Waals surface area contributed by atoms with Crippen molar-refractivity contribution in [3.63, 3.8) is 0 Å². The Labute approximate surface area is 395 Å². The van der Waals surface area contributed by atoms with Crippen LogP contribution in [0.3, 0.4) is 0 Å². The molecule has 2 saturated heterocycles. The van der Waals surface area contributed by atoms with Gasteiger partial charge in [-0.2, -0.15) is 0 Å². The minimum absolute atomic E-state index is 0.0209. The van der Waals surface area contributed by atoms with Crippen LogP contribution < -0.4 is 9.80 Å². The Bertz CT molecular complexity index is 1910. The van der Waals surface area contributed by atoms with Crippen molar-refractivity contribution in [2.75, 3.05) is 56.9 Å². The summed E-state index contributed by atoms with van der Waals surface area (Å²) in [5.74, 6) is 0.821. The number of ether oxygens (including phenoxy) is 5. The van der Waals surface area contributed by atoms with Crippen molar-refractivity contribution in [2.45, 2.75) is 168 Å². The standard InChI is InChI=1S/C26H39NO5S.C25H37NO5S/c1-17-5-7-19(8-6-17)24(28)27(20-14-31-16-32-15-20)21-13-22(33-23(21)25(29)30-4)18-9-11-26(2,3)12-10-18;1-16-4-6-18(7-5-16)23(27)26(19-13-30-15-31-14-19)20-12-21(32-22(20)24(28)29)17-8-10-25(2,3)11-9-17/h13,17-20H,5-12,14-16H2,1-4H3;12,16-19H,4-11,13-15H2,1-3H3,(H,28,29). The predicted octanol–water partition coefficient (Wildman–Crippen LogP) is 11.4. The third-order valence-electron chi connectivity index (χ3n) is 15.5. The van der Waals surface area contributed by atoms with E-state index in [1.54, 1.807) is 4.90 Å². The second kappa shape index (κ2) is 22.0. The molecule has 2 aliphatic heterocycles. The van der Waals surface area contributed by atoms with Gasteiger partial charge in [-0.3, -0.25) is 9.59 Å². The topological polar surface area (TPSA) is 141 Å². The van der Waals surface area contributed by atoms with Crippen molar-refractivity contribution in [3.8, 4) is 0 Å². The number of carboxylic acid groups (broad SMARTS) is 1. The number of carbonyl (C=O) groups excluding carboxylic acids is 3. The van der Waals surface area contributed by atoms with Gasteiger partial charge in [-0.15, -0.1) is 22.7 Å². The highest BCUT2D eigenvalue weighted by Crippen LogP contribution is 2.49. The molecule has 6 fully saturated rings. The van der Waals surface area contributed by atoms with Crippen LogP contribution in [-0.4, -0.2) is 88.1 Å². The number of aromatic carboxylic acids is 1. The number of esters is 1. The van der Waals surface area contributed by atoms with E-state index < -0.39 is 5.97 Å². The maximum absolute atomic E-state index is 13.9. The van der Waals surface area contributed by atoms with E-state index in [1.165, 1.54) is 47.5 Å². The van der Waals surface area contributed by atoms with E-state index in [2.05, 4.69) is 47.6 Å². The van der Waals surface area contributed by atoms with Crippen LogP contribution in [0.15, 0.2) is 12.1 Å². The first-order valence-electron chi connectivity index (χ1n) is 24.6. The molecule has 0 spiro atoms. The molecule has 4 heterocycles. The first-order chi connectivity index (χ1) is 31.0. The fourth-order valence-corrected chi connectivity index (χ4v) is 13.4. The van der Waals surface area contributed by atoms with Crippen LogP contribution in [0.2, 0.25) is 0 Å². The molecule has 8 rings (SSSR count). The Hall–Kier alpha value is -2.88. The smallest absolute Gasteiger partial charge is 0.350 e. The molecule has 2 aromatic heterocycles. The Morgan fingerprint density at radius 1 is 0.585 bits per heavy atom. The summed E-state index contributed by atoms with van der Waals surface area (Å²) in [6.07, 6.45) is 16.7. The van der Waals surface area contributed by atoms with Crippen LogP contribution in [0.25, 0.3) is 0 Å². The summed E-state index contributed by atoms with van der Waals surface area (Å²) in [5.41, 5.74) is 1.96. The third kappa shape index (κ3) is 12.4. The molecule has 0 unspecified atom stereocenters. The average molecular weight is 941 g/mol. The van der Waals surface area contributed by atoms with E-state index in [1.807, 2.05) is 11.0 Å². The number of amides is 2. The van der Waals surface area contributed by atoms with Gasteiger partial charge in [0.2, 0.25) is 11.8 Å². The lowest BCUT2D eigenvalue weighted by Crippen LogP contribution is -2.51. The molecule has 2 aromatic rings. The zero-order chi connectivity index (χ0) is 46.5. The molecule has 4 saturated carbocycles. The van der Waals surface area contributed by atoms with Gasteiger partial charge >= 0.3 is 11.9 Å². The molecular formula is C51H76N2O10S2. The number of hydrogen-bond donors (Lipinski definition) is 1. The molecular weight excluding hydrogens is 865 g/mol. The van der Waals surface area contributed by atoms with Gasteiger partial charge in [0.25, 0.3) is 0 Å². The van der Waals surface area contributed by atoms with Gasteiger partial charge in [0.1, 0.15) is 23.3 Å². The summed E-state index contributed by atoms with van der Waals surface area (Å²) < 4.78 is 27.4. The highest BCUT2D eigenvalue weighted by molar-refractivity contribution is 7.15. The first-order valence-corrected chi connectivity index (χ1v) is 26.2. The molecule has 1 N–H and O–H groups in total. The molecule has 362 valence electrons. The molecule has 12 nitrogen and oxygen atoms in total. The summed E-state index contributed by atoms with van der Waals surface area (Å²) in [7, 11) is 1.41. The van der Waals surface area contributed by atoms with Gasteiger partial charge in [0.05, 0.1) is 57.0 Å². The van der Waals surface area contributed by atoms with Crippen molar-refractivity contribution in [1.82, 2.24) is 0 Å². The van der Waals surface area contributed by atoms with Gasteiger partial charge in [-0.1, -0.05) is 41.5 Å². The Morgan fingerprint density at radius 3 is 1.29 bits per heavy atom. The number of rotatable bonds is 10. The second-order valence-electron chi connectivity index (χ2n) is 21.8. The van der Waals surface area contributed by atoms with E-state index in [-0.39, 0.29) is 60.2 Å². The van der Waals surface area contributed by atoms with Crippen LogP contribution in [0.1, 0.15) is 185 Å². The number of carbonyl (C=O) groups is 4. The number of anilines is 2. The van der Waals surface area contributed by atoms with Crippen molar-refractivity contribution >= 4 is 57.8 Å². The van der Waals surface area contributed by atoms with Crippen molar-refractivity contribution in [3.05, 3.63) is 31.6 Å². The summed E-state index contributed by atoms with van der Waals surface area (Å²) in [5, 5.41) is 10.0. The summed E-state index contributed by atoms with van der Waals surface area (Å²) in [4.78, 5) is 59.4. The molecule has 0 radical (unpaired) electrons. The molecule has 65 heavy (non-hydrogen) atoms. The maximum atomic E-state index is 13.9. The molecule has 4 aliphatic carbocycles. The van der Waals surface area contributed by atoms with Crippen LogP contribution >= 0.6 is 22.7 Å². The normalized spacial score (nSPS) is 26.9. The van der Waals surface area contributed by atoms with Crippen LogP contribution in [0.5, 0.6) is 0 Å². The molecule has 14 heteroatoms. The Balaban J connectivity index is 0.000000194. The average Bonchev–Trinajstić information content (AvgIpc) is 3.94. The minimum Gasteiger partial charge on any atom is -0.477 e. The number of carboxylic acids is 1. The van der Waals surface area contributed by atoms with E-state index in [4.69, 9.17) is 23.7 Å². The SMILES string of the molecule is CC1CCC(C(=O)N(c2cc(C3CCC(C)(C)CC3)sc2C(=O)O)C2COCOC2)CC1.COC(=O)c1sc(C2CCC(C)(C)CC2)cc1N(C(=O)C1CCC(C)CC1)C1COCOC1. The summed E-state index contributed by atoms with van der Waals surface area (Å²) >= 11 is 2.86. The number of nitrogens with zero attached hydrogens (tertiary/aromatic N) is 2. The van der Waals surface area contributed by atoms with Gasteiger partial charge in [-0.25, -0.2) is 9.59 Å². The predicted molar refractivity (Wildman–Crippen MR) is 255 cm³/mol. The zero-order valence-corrected chi connectivity index (χ0v) is 41.8. The zero-order valence-electron chi connectivity index (χ0n) is 40.2. The highest BCUT2D eigenvalue weighted by atomic mass is 32.1. The van der Waals surface area contributed by atoms with Gasteiger partial charge in [0, 0.05) is 21.6 Å². The maximum Gasteiger partial charge on any atom is 0.350 e. The number of thiophene rings is 2. The van der Waals surface area contributed by atoms with Crippen molar-refractivity contribution < 1.29 is 48.0 Å².